The zero-order chi connectivity index (χ0) is 16.0. The molecule has 0 aliphatic rings. The minimum Gasteiger partial charge on any atom is -0.508 e. The molecule has 2 aromatic rings. The summed E-state index contributed by atoms with van der Waals surface area (Å²) in [4.78, 5) is 0. The van der Waals surface area contributed by atoms with Crippen LogP contribution < -0.4 is 0 Å². The second-order valence-corrected chi connectivity index (χ2v) is 7.40. The molecule has 0 saturated carbocycles. The van der Waals surface area contributed by atoms with Crippen LogP contribution in [0.4, 0.5) is 0 Å². The van der Waals surface area contributed by atoms with Crippen LogP contribution in [0.3, 0.4) is 0 Å². The molecule has 0 fully saturated rings. The van der Waals surface area contributed by atoms with Crippen molar-refractivity contribution in [2.24, 2.45) is 5.41 Å². The number of hydrogen-bond donors (Lipinski definition) is 1. The number of aromatic hydroxyl groups is 1. The Hall–Kier alpha value is -1.76. The minimum absolute atomic E-state index is 0.342. The molecule has 0 aromatic heterocycles. The molecular formula is C21H28O. The van der Waals surface area contributed by atoms with Gasteiger partial charge in [0.05, 0.1) is 0 Å². The lowest BCUT2D eigenvalue weighted by Gasteiger charge is -2.17. The van der Waals surface area contributed by atoms with E-state index >= 15 is 0 Å². The van der Waals surface area contributed by atoms with Gasteiger partial charge in [-0.1, -0.05) is 57.2 Å². The zero-order valence-corrected chi connectivity index (χ0v) is 14.1. The fourth-order valence-electron chi connectivity index (χ4n) is 2.55. The third kappa shape index (κ3) is 5.93. The summed E-state index contributed by atoms with van der Waals surface area (Å²) >= 11 is 0. The van der Waals surface area contributed by atoms with Crippen molar-refractivity contribution in [1.29, 1.82) is 0 Å². The summed E-state index contributed by atoms with van der Waals surface area (Å²) in [6, 6.07) is 16.6. The molecule has 0 aliphatic heterocycles. The number of benzene rings is 2. The minimum atomic E-state index is 0.342. The van der Waals surface area contributed by atoms with E-state index in [0.717, 1.165) is 25.7 Å². The van der Waals surface area contributed by atoms with Gasteiger partial charge in [-0.15, -0.1) is 0 Å². The molecule has 22 heavy (non-hydrogen) atoms. The smallest absolute Gasteiger partial charge is 0.115 e. The molecule has 0 bridgehead atoms. The molecule has 0 saturated heterocycles. The van der Waals surface area contributed by atoms with E-state index in [9.17, 15) is 5.11 Å². The third-order valence-electron chi connectivity index (χ3n) is 4.05. The first-order valence-corrected chi connectivity index (χ1v) is 8.28. The molecule has 1 nitrogen and oxygen atoms in total. The van der Waals surface area contributed by atoms with Gasteiger partial charge in [0.15, 0.2) is 0 Å². The highest BCUT2D eigenvalue weighted by Crippen LogP contribution is 2.21. The largest absolute Gasteiger partial charge is 0.508 e. The van der Waals surface area contributed by atoms with Gasteiger partial charge in [0.1, 0.15) is 5.75 Å². The summed E-state index contributed by atoms with van der Waals surface area (Å²) < 4.78 is 0. The first-order valence-electron chi connectivity index (χ1n) is 8.28. The third-order valence-corrected chi connectivity index (χ3v) is 4.05. The van der Waals surface area contributed by atoms with Crippen LogP contribution in [-0.2, 0) is 19.3 Å². The molecule has 2 aromatic carbocycles. The Labute approximate surface area is 135 Å². The summed E-state index contributed by atoms with van der Waals surface area (Å²) in [6.45, 7) is 6.89. The van der Waals surface area contributed by atoms with E-state index in [4.69, 9.17) is 0 Å². The van der Waals surface area contributed by atoms with Gasteiger partial charge >= 0.3 is 0 Å². The number of rotatable bonds is 6. The Morgan fingerprint density at radius 1 is 0.682 bits per heavy atom. The summed E-state index contributed by atoms with van der Waals surface area (Å²) in [5.41, 5.74) is 4.55. The quantitative estimate of drug-likeness (QED) is 0.741. The summed E-state index contributed by atoms with van der Waals surface area (Å²) in [7, 11) is 0. The van der Waals surface area contributed by atoms with E-state index in [0.29, 0.717) is 11.2 Å². The molecule has 0 amide bonds. The van der Waals surface area contributed by atoms with Gasteiger partial charge in [-0.3, -0.25) is 0 Å². The van der Waals surface area contributed by atoms with Gasteiger partial charge in [0.2, 0.25) is 0 Å². The molecule has 0 unspecified atom stereocenters. The molecular weight excluding hydrogens is 268 g/mol. The van der Waals surface area contributed by atoms with Crippen molar-refractivity contribution >= 4 is 0 Å². The standard InChI is InChI=1S/C21H28O/c1-21(2,3)16-15-19-9-7-17(8-10-19)5-4-6-18-11-13-20(22)14-12-18/h7-14,22H,4-6,15-16H2,1-3H3. The van der Waals surface area contributed by atoms with Crippen molar-refractivity contribution in [1.82, 2.24) is 0 Å². The van der Waals surface area contributed by atoms with Gasteiger partial charge in [-0.05, 0) is 66.3 Å². The van der Waals surface area contributed by atoms with E-state index in [2.05, 4.69) is 45.0 Å². The van der Waals surface area contributed by atoms with E-state index in [1.807, 2.05) is 12.1 Å². The first kappa shape index (κ1) is 16.6. The molecule has 118 valence electrons. The fraction of sp³-hybridized carbons (Fsp3) is 0.429. The lowest BCUT2D eigenvalue weighted by atomic mass is 9.88. The topological polar surface area (TPSA) is 20.2 Å². The Morgan fingerprint density at radius 3 is 1.55 bits per heavy atom. The average molecular weight is 296 g/mol. The number of phenolic OH excluding ortho intramolecular Hbond substituents is 1. The Balaban J connectivity index is 1.77. The van der Waals surface area contributed by atoms with Crippen molar-refractivity contribution in [3.8, 4) is 5.75 Å². The predicted molar refractivity (Wildman–Crippen MR) is 94.3 cm³/mol. The maximum Gasteiger partial charge on any atom is 0.115 e. The lowest BCUT2D eigenvalue weighted by Crippen LogP contribution is -2.06. The van der Waals surface area contributed by atoms with Crippen LogP contribution in [0, 0.1) is 5.41 Å². The number of hydrogen-bond acceptors (Lipinski definition) is 1. The Bertz CT molecular complexity index is 558. The van der Waals surface area contributed by atoms with Gasteiger partial charge in [-0.2, -0.15) is 0 Å². The van der Waals surface area contributed by atoms with Crippen LogP contribution in [0.1, 0.15) is 50.3 Å². The van der Waals surface area contributed by atoms with Gasteiger partial charge in [0, 0.05) is 0 Å². The van der Waals surface area contributed by atoms with E-state index in [1.54, 1.807) is 12.1 Å². The number of phenols is 1. The second kappa shape index (κ2) is 7.49. The molecule has 0 radical (unpaired) electrons. The summed E-state index contributed by atoms with van der Waals surface area (Å²) in [6.07, 6.45) is 5.71. The molecule has 0 heterocycles. The second-order valence-electron chi connectivity index (χ2n) is 7.40. The van der Waals surface area contributed by atoms with Crippen LogP contribution in [0.15, 0.2) is 48.5 Å². The highest BCUT2D eigenvalue weighted by molar-refractivity contribution is 5.26. The van der Waals surface area contributed by atoms with E-state index in [-0.39, 0.29) is 0 Å². The summed E-state index contributed by atoms with van der Waals surface area (Å²) in [5.74, 6) is 0.342. The van der Waals surface area contributed by atoms with Crippen molar-refractivity contribution in [3.05, 3.63) is 65.2 Å². The molecule has 1 N–H and O–H groups in total. The van der Waals surface area contributed by atoms with Crippen LogP contribution in [-0.4, -0.2) is 5.11 Å². The Morgan fingerprint density at radius 2 is 1.09 bits per heavy atom. The van der Waals surface area contributed by atoms with Crippen molar-refractivity contribution < 1.29 is 5.11 Å². The van der Waals surface area contributed by atoms with Crippen molar-refractivity contribution in [2.75, 3.05) is 0 Å². The van der Waals surface area contributed by atoms with Crippen LogP contribution >= 0.6 is 0 Å². The highest BCUT2D eigenvalue weighted by atomic mass is 16.3. The normalized spacial score (nSPS) is 11.6. The van der Waals surface area contributed by atoms with Crippen LogP contribution in [0.2, 0.25) is 0 Å². The van der Waals surface area contributed by atoms with Crippen LogP contribution in [0.25, 0.3) is 0 Å². The van der Waals surface area contributed by atoms with Gasteiger partial charge in [-0.25, -0.2) is 0 Å². The van der Waals surface area contributed by atoms with E-state index in [1.165, 1.54) is 23.1 Å². The predicted octanol–water partition coefficient (Wildman–Crippen LogP) is 5.55. The molecule has 2 rings (SSSR count). The first-order chi connectivity index (χ1) is 10.4. The maximum absolute atomic E-state index is 9.28. The zero-order valence-electron chi connectivity index (χ0n) is 14.1. The highest BCUT2D eigenvalue weighted by Gasteiger charge is 2.09. The van der Waals surface area contributed by atoms with Gasteiger partial charge in [0.25, 0.3) is 0 Å². The molecule has 1 heteroatoms. The average Bonchev–Trinajstić information content (AvgIpc) is 2.48. The molecule has 0 aliphatic carbocycles. The Kier molecular flexibility index (Phi) is 5.65. The monoisotopic (exact) mass is 296 g/mol. The molecule has 0 spiro atoms. The SMILES string of the molecule is CC(C)(C)CCc1ccc(CCCc2ccc(O)cc2)cc1. The lowest BCUT2D eigenvalue weighted by molar-refractivity contribution is 0.378. The fourth-order valence-corrected chi connectivity index (χ4v) is 2.55. The number of aryl methyl sites for hydroxylation is 3. The van der Waals surface area contributed by atoms with E-state index < -0.39 is 0 Å². The van der Waals surface area contributed by atoms with Crippen LogP contribution in [0.5, 0.6) is 5.75 Å². The van der Waals surface area contributed by atoms with Gasteiger partial charge < -0.3 is 5.11 Å². The van der Waals surface area contributed by atoms with Crippen molar-refractivity contribution in [2.45, 2.75) is 52.9 Å². The maximum atomic E-state index is 9.28. The summed E-state index contributed by atoms with van der Waals surface area (Å²) in [5, 5.41) is 9.28. The van der Waals surface area contributed by atoms with Crippen molar-refractivity contribution in [3.63, 3.8) is 0 Å². The molecule has 0 atom stereocenters.